The second-order valence-electron chi connectivity index (χ2n) is 8.96. The molecule has 4 aromatic rings. The Hall–Kier alpha value is -4.37. The number of H-pyrrole nitrogens is 1. The molecule has 36 heavy (non-hydrogen) atoms. The molecule has 1 atom stereocenters. The van der Waals surface area contributed by atoms with Gasteiger partial charge in [0.1, 0.15) is 17.6 Å². The number of para-hydroxylation sites is 1. The molecule has 9 heteroatoms. The SMILES string of the molecule is Nc1ncc(CNc2ccc3c(c2)Cc2cccc(C4CN(c5cc[nH]c(=O)c5)CCO4)c2O3)cn1. The molecule has 0 aliphatic carbocycles. The van der Waals surface area contributed by atoms with Crippen LogP contribution in [0, 0.1) is 0 Å². The maximum Gasteiger partial charge on any atom is 0.249 e. The van der Waals surface area contributed by atoms with Crippen molar-refractivity contribution >= 4 is 17.3 Å². The standard InChI is InChI=1S/C27H26N6O3/c28-27-31-14-17(15-32-27)13-30-20-4-5-23-19(11-20)10-18-2-1-3-22(26(18)36-23)24-16-33(8-9-35-24)21-6-7-29-25(34)12-21/h1-7,11-12,14-15,24,30H,8-10,13,16H2,(H,29,34)(H2,28,31,32). The Morgan fingerprint density at radius 1 is 1.11 bits per heavy atom. The fraction of sp³-hybridized carbons (Fsp3) is 0.222. The Morgan fingerprint density at radius 2 is 2.00 bits per heavy atom. The summed E-state index contributed by atoms with van der Waals surface area (Å²) in [5.74, 6) is 1.98. The predicted molar refractivity (Wildman–Crippen MR) is 138 cm³/mol. The Kier molecular flexibility index (Phi) is 5.74. The van der Waals surface area contributed by atoms with E-state index >= 15 is 0 Å². The highest BCUT2D eigenvalue weighted by Crippen LogP contribution is 2.43. The Morgan fingerprint density at radius 3 is 2.86 bits per heavy atom. The van der Waals surface area contributed by atoms with Crippen LogP contribution in [-0.4, -0.2) is 34.6 Å². The van der Waals surface area contributed by atoms with Gasteiger partial charge in [-0.25, -0.2) is 9.97 Å². The van der Waals surface area contributed by atoms with Crippen LogP contribution in [0.2, 0.25) is 0 Å². The molecule has 4 N–H and O–H groups in total. The van der Waals surface area contributed by atoms with Crippen molar-refractivity contribution in [3.05, 3.63) is 99.7 Å². The average molecular weight is 483 g/mol. The van der Waals surface area contributed by atoms with E-state index in [-0.39, 0.29) is 17.6 Å². The molecule has 1 fully saturated rings. The highest BCUT2D eigenvalue weighted by atomic mass is 16.5. The lowest BCUT2D eigenvalue weighted by Crippen LogP contribution is -2.39. The Balaban J connectivity index is 1.20. The van der Waals surface area contributed by atoms with Gasteiger partial charge in [0.2, 0.25) is 11.5 Å². The first kappa shape index (κ1) is 22.1. The quantitative estimate of drug-likeness (QED) is 0.348. The van der Waals surface area contributed by atoms with Gasteiger partial charge in [0.15, 0.2) is 0 Å². The van der Waals surface area contributed by atoms with Gasteiger partial charge in [0, 0.05) is 78.8 Å². The van der Waals surface area contributed by atoms with Crippen molar-refractivity contribution in [3.8, 4) is 11.5 Å². The highest BCUT2D eigenvalue weighted by molar-refractivity contribution is 5.59. The van der Waals surface area contributed by atoms with Crippen molar-refractivity contribution in [2.75, 3.05) is 35.6 Å². The Bertz CT molecular complexity index is 1450. The first-order chi connectivity index (χ1) is 17.6. The van der Waals surface area contributed by atoms with Crippen LogP contribution in [0.25, 0.3) is 0 Å². The maximum atomic E-state index is 11.8. The second kappa shape index (κ2) is 9.35. The van der Waals surface area contributed by atoms with Crippen LogP contribution >= 0.6 is 0 Å². The third kappa shape index (κ3) is 4.48. The van der Waals surface area contributed by atoms with E-state index in [2.05, 4.69) is 49.4 Å². The molecule has 0 amide bonds. The minimum absolute atomic E-state index is 0.108. The molecule has 1 saturated heterocycles. The number of nitrogens with two attached hydrogens (primary N) is 1. The van der Waals surface area contributed by atoms with Crippen LogP contribution in [0.5, 0.6) is 11.5 Å². The molecule has 0 radical (unpaired) electrons. The molecule has 6 rings (SSSR count). The van der Waals surface area contributed by atoms with Gasteiger partial charge >= 0.3 is 0 Å². The predicted octanol–water partition coefficient (Wildman–Crippen LogP) is 3.63. The summed E-state index contributed by atoms with van der Waals surface area (Å²) in [6, 6.07) is 15.9. The number of hydrogen-bond acceptors (Lipinski definition) is 8. The number of nitrogens with zero attached hydrogens (tertiary/aromatic N) is 3. The van der Waals surface area contributed by atoms with E-state index in [1.165, 1.54) is 0 Å². The smallest absolute Gasteiger partial charge is 0.249 e. The van der Waals surface area contributed by atoms with Crippen LogP contribution < -0.4 is 26.2 Å². The molecule has 2 aliphatic heterocycles. The van der Waals surface area contributed by atoms with E-state index in [1.807, 2.05) is 18.2 Å². The lowest BCUT2D eigenvalue weighted by atomic mass is 9.95. The highest BCUT2D eigenvalue weighted by Gasteiger charge is 2.28. The lowest BCUT2D eigenvalue weighted by molar-refractivity contribution is 0.0384. The number of fused-ring (bicyclic) bond motifs is 2. The minimum atomic E-state index is -0.155. The number of hydrogen-bond donors (Lipinski definition) is 3. The molecule has 0 saturated carbocycles. The molecule has 9 nitrogen and oxygen atoms in total. The van der Waals surface area contributed by atoms with E-state index in [0.717, 1.165) is 58.1 Å². The van der Waals surface area contributed by atoms with Gasteiger partial charge in [-0.2, -0.15) is 0 Å². The number of nitrogen functional groups attached to an aromatic ring is 1. The van der Waals surface area contributed by atoms with Crippen LogP contribution in [0.3, 0.4) is 0 Å². The number of pyridine rings is 1. The van der Waals surface area contributed by atoms with Gasteiger partial charge in [-0.3, -0.25) is 4.79 Å². The molecule has 2 aromatic carbocycles. The number of benzene rings is 2. The number of morpholine rings is 1. The van der Waals surface area contributed by atoms with Gasteiger partial charge in [0.25, 0.3) is 0 Å². The fourth-order valence-electron chi connectivity index (χ4n) is 4.73. The van der Waals surface area contributed by atoms with Gasteiger partial charge < -0.3 is 30.4 Å². The van der Waals surface area contributed by atoms with Crippen molar-refractivity contribution in [1.82, 2.24) is 15.0 Å². The van der Waals surface area contributed by atoms with Gasteiger partial charge in [-0.15, -0.1) is 0 Å². The van der Waals surface area contributed by atoms with E-state index < -0.39 is 0 Å². The zero-order valence-electron chi connectivity index (χ0n) is 19.6. The van der Waals surface area contributed by atoms with E-state index in [4.69, 9.17) is 15.2 Å². The molecule has 182 valence electrons. The zero-order chi connectivity index (χ0) is 24.5. The first-order valence-electron chi connectivity index (χ1n) is 11.9. The molecular weight excluding hydrogens is 456 g/mol. The molecular formula is C27H26N6O3. The van der Waals surface area contributed by atoms with Crippen molar-refractivity contribution in [2.24, 2.45) is 0 Å². The molecule has 2 aliphatic rings. The Labute approximate surface area is 207 Å². The van der Waals surface area contributed by atoms with Crippen LogP contribution in [0.1, 0.15) is 28.4 Å². The van der Waals surface area contributed by atoms with Gasteiger partial charge in [-0.1, -0.05) is 18.2 Å². The average Bonchev–Trinajstić information content (AvgIpc) is 2.91. The minimum Gasteiger partial charge on any atom is -0.456 e. The van der Waals surface area contributed by atoms with Crippen LogP contribution in [0.15, 0.2) is 71.9 Å². The zero-order valence-corrected chi connectivity index (χ0v) is 19.6. The van der Waals surface area contributed by atoms with Crippen molar-refractivity contribution < 1.29 is 9.47 Å². The summed E-state index contributed by atoms with van der Waals surface area (Å²) in [7, 11) is 0. The summed E-state index contributed by atoms with van der Waals surface area (Å²) in [6.45, 7) is 2.56. The number of rotatable bonds is 5. The lowest BCUT2D eigenvalue weighted by Gasteiger charge is -2.36. The molecule has 0 spiro atoms. The van der Waals surface area contributed by atoms with Gasteiger partial charge in [-0.05, 0) is 29.8 Å². The first-order valence-corrected chi connectivity index (χ1v) is 11.9. The van der Waals surface area contributed by atoms with Crippen molar-refractivity contribution in [3.63, 3.8) is 0 Å². The number of ether oxygens (including phenoxy) is 2. The van der Waals surface area contributed by atoms with Crippen LogP contribution in [-0.2, 0) is 17.7 Å². The number of aromatic nitrogens is 3. The normalized spacial score (nSPS) is 16.6. The van der Waals surface area contributed by atoms with E-state index in [9.17, 15) is 4.79 Å². The molecule has 4 heterocycles. The second-order valence-corrected chi connectivity index (χ2v) is 8.96. The third-order valence-corrected chi connectivity index (χ3v) is 6.54. The molecule has 0 bridgehead atoms. The number of anilines is 3. The summed E-state index contributed by atoms with van der Waals surface area (Å²) in [4.78, 5) is 24.7. The maximum absolute atomic E-state index is 11.8. The fourth-order valence-corrected chi connectivity index (χ4v) is 4.73. The van der Waals surface area contributed by atoms with Crippen molar-refractivity contribution in [1.29, 1.82) is 0 Å². The molecule has 1 unspecified atom stereocenters. The van der Waals surface area contributed by atoms with Crippen LogP contribution in [0.4, 0.5) is 17.3 Å². The van der Waals surface area contributed by atoms with Crippen molar-refractivity contribution in [2.45, 2.75) is 19.1 Å². The third-order valence-electron chi connectivity index (χ3n) is 6.54. The van der Waals surface area contributed by atoms with E-state index in [1.54, 1.807) is 24.7 Å². The summed E-state index contributed by atoms with van der Waals surface area (Å²) < 4.78 is 12.6. The summed E-state index contributed by atoms with van der Waals surface area (Å²) in [5.41, 5.74) is 11.6. The summed E-state index contributed by atoms with van der Waals surface area (Å²) in [5, 5.41) is 3.42. The summed E-state index contributed by atoms with van der Waals surface area (Å²) >= 11 is 0. The van der Waals surface area contributed by atoms with Gasteiger partial charge in [0.05, 0.1) is 6.61 Å². The molecule has 2 aromatic heterocycles. The largest absolute Gasteiger partial charge is 0.456 e. The topological polar surface area (TPSA) is 118 Å². The number of aromatic amines is 1. The summed E-state index contributed by atoms with van der Waals surface area (Å²) in [6.07, 6.45) is 5.73. The van der Waals surface area contributed by atoms with E-state index in [0.29, 0.717) is 19.7 Å². The number of nitrogens with one attached hydrogen (secondary N) is 2. The monoisotopic (exact) mass is 482 g/mol.